The van der Waals surface area contributed by atoms with Crippen molar-refractivity contribution < 1.29 is 19.1 Å². The number of rotatable bonds is 10. The Morgan fingerprint density at radius 3 is 2.33 bits per heavy atom. The van der Waals surface area contributed by atoms with E-state index in [9.17, 15) is 9.59 Å². The molecule has 3 heterocycles. The number of benzene rings is 2. The van der Waals surface area contributed by atoms with E-state index >= 15 is 0 Å². The van der Waals surface area contributed by atoms with Crippen LogP contribution in [-0.2, 0) is 11.2 Å². The molecule has 2 aromatic rings. The highest BCUT2D eigenvalue weighted by atomic mass is 16.5. The Bertz CT molecular complexity index is 1180. The summed E-state index contributed by atoms with van der Waals surface area (Å²) in [6.07, 6.45) is 1.62. The fourth-order valence-electron chi connectivity index (χ4n) is 6.31. The minimum atomic E-state index is -0.488. The summed E-state index contributed by atoms with van der Waals surface area (Å²) in [6.45, 7) is 14.8. The number of carbonyl (C=O) groups is 2. The SMILES string of the molecule is CCOc1cc2c(cc1OCC)[C@@H]1[C@H](C(=O)NCCCN3CCN(CC)CC3)c3ccccc3C(=O)N1CC2. The van der Waals surface area contributed by atoms with Crippen molar-refractivity contribution in [3.63, 3.8) is 0 Å². The third kappa shape index (κ3) is 5.63. The van der Waals surface area contributed by atoms with Gasteiger partial charge in [0.05, 0.1) is 25.2 Å². The fourth-order valence-corrected chi connectivity index (χ4v) is 6.31. The molecule has 0 bridgehead atoms. The maximum Gasteiger partial charge on any atom is 0.254 e. The van der Waals surface area contributed by atoms with E-state index in [1.807, 2.05) is 55.1 Å². The molecule has 0 radical (unpaired) electrons. The zero-order chi connectivity index (χ0) is 27.4. The first kappa shape index (κ1) is 27.5. The van der Waals surface area contributed by atoms with Gasteiger partial charge < -0.3 is 29.5 Å². The highest BCUT2D eigenvalue weighted by molar-refractivity contribution is 6.01. The summed E-state index contributed by atoms with van der Waals surface area (Å²) in [5, 5.41) is 3.23. The molecule has 8 nitrogen and oxygen atoms in total. The van der Waals surface area contributed by atoms with Crippen molar-refractivity contribution in [3.05, 3.63) is 58.7 Å². The van der Waals surface area contributed by atoms with E-state index in [0.717, 1.165) is 68.1 Å². The zero-order valence-corrected chi connectivity index (χ0v) is 23.6. The molecule has 2 amide bonds. The van der Waals surface area contributed by atoms with Crippen LogP contribution in [0.15, 0.2) is 36.4 Å². The minimum Gasteiger partial charge on any atom is -0.490 e. The molecule has 0 spiro atoms. The molecule has 1 fully saturated rings. The molecule has 0 aromatic heterocycles. The Balaban J connectivity index is 1.38. The van der Waals surface area contributed by atoms with Gasteiger partial charge in [-0.2, -0.15) is 0 Å². The molecule has 8 heteroatoms. The lowest BCUT2D eigenvalue weighted by Crippen LogP contribution is -2.50. The van der Waals surface area contributed by atoms with Gasteiger partial charge in [0, 0.05) is 44.8 Å². The molecular weight excluding hydrogens is 492 g/mol. The third-order valence-electron chi connectivity index (χ3n) is 8.33. The maximum absolute atomic E-state index is 13.9. The molecule has 3 aliphatic rings. The number of fused-ring (bicyclic) bond motifs is 4. The molecule has 0 unspecified atom stereocenters. The molecule has 5 rings (SSSR count). The second kappa shape index (κ2) is 12.4. The van der Waals surface area contributed by atoms with Gasteiger partial charge in [0.1, 0.15) is 0 Å². The van der Waals surface area contributed by atoms with Crippen molar-refractivity contribution in [2.24, 2.45) is 0 Å². The number of carbonyl (C=O) groups excluding carboxylic acids is 2. The molecule has 0 aliphatic carbocycles. The van der Waals surface area contributed by atoms with E-state index in [-0.39, 0.29) is 17.9 Å². The lowest BCUT2D eigenvalue weighted by Gasteiger charge is -2.45. The summed E-state index contributed by atoms with van der Waals surface area (Å²) < 4.78 is 11.8. The molecule has 0 saturated carbocycles. The van der Waals surface area contributed by atoms with Gasteiger partial charge in [0.2, 0.25) is 5.91 Å². The number of amides is 2. The van der Waals surface area contributed by atoms with Gasteiger partial charge in [-0.3, -0.25) is 9.59 Å². The van der Waals surface area contributed by atoms with Crippen LogP contribution in [0.1, 0.15) is 66.2 Å². The summed E-state index contributed by atoms with van der Waals surface area (Å²) in [7, 11) is 0. The van der Waals surface area contributed by atoms with E-state index in [2.05, 4.69) is 22.0 Å². The van der Waals surface area contributed by atoms with Gasteiger partial charge >= 0.3 is 0 Å². The molecule has 39 heavy (non-hydrogen) atoms. The average Bonchev–Trinajstić information content (AvgIpc) is 2.96. The number of hydrogen-bond acceptors (Lipinski definition) is 6. The molecule has 1 N–H and O–H groups in total. The van der Waals surface area contributed by atoms with Crippen molar-refractivity contribution in [1.82, 2.24) is 20.0 Å². The smallest absolute Gasteiger partial charge is 0.254 e. The van der Waals surface area contributed by atoms with Gasteiger partial charge in [-0.25, -0.2) is 0 Å². The number of ether oxygens (including phenoxy) is 2. The van der Waals surface area contributed by atoms with Crippen LogP contribution in [0.4, 0.5) is 0 Å². The molecule has 2 aromatic carbocycles. The summed E-state index contributed by atoms with van der Waals surface area (Å²) in [5.74, 6) is 0.853. The highest BCUT2D eigenvalue weighted by Gasteiger charge is 2.46. The van der Waals surface area contributed by atoms with Gasteiger partial charge in [-0.15, -0.1) is 0 Å². The Morgan fingerprint density at radius 1 is 0.923 bits per heavy atom. The first-order valence-corrected chi connectivity index (χ1v) is 14.6. The van der Waals surface area contributed by atoms with Crippen molar-refractivity contribution in [2.45, 2.75) is 45.6 Å². The zero-order valence-electron chi connectivity index (χ0n) is 23.6. The number of likely N-dealkylation sites (N-methyl/N-ethyl adjacent to an activating group) is 1. The average molecular weight is 535 g/mol. The van der Waals surface area contributed by atoms with Gasteiger partial charge in [-0.05, 0) is 74.7 Å². The Morgan fingerprint density at radius 2 is 1.62 bits per heavy atom. The number of piperazine rings is 1. The topological polar surface area (TPSA) is 74.4 Å². The van der Waals surface area contributed by atoms with E-state index < -0.39 is 5.92 Å². The van der Waals surface area contributed by atoms with E-state index in [1.165, 1.54) is 0 Å². The Kier molecular flexibility index (Phi) is 8.72. The van der Waals surface area contributed by atoms with Crippen molar-refractivity contribution >= 4 is 11.8 Å². The van der Waals surface area contributed by atoms with E-state index in [0.29, 0.717) is 44.0 Å². The molecule has 3 aliphatic heterocycles. The fraction of sp³-hybridized carbons (Fsp3) is 0.548. The minimum absolute atomic E-state index is 0.0108. The lowest BCUT2D eigenvalue weighted by atomic mass is 9.75. The molecule has 1 saturated heterocycles. The summed E-state index contributed by atoms with van der Waals surface area (Å²) in [5.41, 5.74) is 3.52. The van der Waals surface area contributed by atoms with Crippen LogP contribution >= 0.6 is 0 Å². The highest BCUT2D eigenvalue weighted by Crippen LogP contribution is 2.48. The van der Waals surface area contributed by atoms with E-state index in [4.69, 9.17) is 9.47 Å². The monoisotopic (exact) mass is 534 g/mol. The van der Waals surface area contributed by atoms with Crippen LogP contribution in [0.25, 0.3) is 0 Å². The Labute approximate surface area is 232 Å². The Hall–Kier alpha value is -3.10. The van der Waals surface area contributed by atoms with Crippen LogP contribution in [0.2, 0.25) is 0 Å². The van der Waals surface area contributed by atoms with Gasteiger partial charge in [0.15, 0.2) is 11.5 Å². The normalized spacial score (nSPS) is 21.1. The second-order valence-electron chi connectivity index (χ2n) is 10.5. The number of hydrogen-bond donors (Lipinski definition) is 1. The second-order valence-corrected chi connectivity index (χ2v) is 10.5. The lowest BCUT2D eigenvalue weighted by molar-refractivity contribution is -0.124. The van der Waals surface area contributed by atoms with Crippen LogP contribution in [0, 0.1) is 0 Å². The van der Waals surface area contributed by atoms with Gasteiger partial charge in [0.25, 0.3) is 5.91 Å². The summed E-state index contributed by atoms with van der Waals surface area (Å²) in [6, 6.07) is 11.2. The van der Waals surface area contributed by atoms with Crippen molar-refractivity contribution in [2.75, 3.05) is 65.6 Å². The standard InChI is InChI=1S/C31H42N4O4/c1-4-33-16-18-34(19-17-33)14-9-13-32-30(36)28-23-10-7-8-11-24(23)31(37)35-15-12-22-20-26(38-5-2)27(39-6-3)21-25(22)29(28)35/h7-8,10-11,20-21,28-29H,4-6,9,12-19H2,1-3H3,(H,32,36)/t28-,29-/m1/s1. The van der Waals surface area contributed by atoms with Crippen LogP contribution < -0.4 is 14.8 Å². The number of nitrogens with one attached hydrogen (secondary N) is 1. The van der Waals surface area contributed by atoms with Crippen LogP contribution in [0.3, 0.4) is 0 Å². The molecule has 2 atom stereocenters. The van der Waals surface area contributed by atoms with Crippen LogP contribution in [0.5, 0.6) is 11.5 Å². The number of nitrogens with zero attached hydrogens (tertiary/aromatic N) is 3. The summed E-state index contributed by atoms with van der Waals surface area (Å²) >= 11 is 0. The first-order valence-electron chi connectivity index (χ1n) is 14.6. The third-order valence-corrected chi connectivity index (χ3v) is 8.33. The van der Waals surface area contributed by atoms with Crippen LogP contribution in [-0.4, -0.2) is 92.1 Å². The van der Waals surface area contributed by atoms with E-state index in [1.54, 1.807) is 0 Å². The summed E-state index contributed by atoms with van der Waals surface area (Å²) in [4.78, 5) is 34.4. The quantitative estimate of drug-likeness (QED) is 0.471. The predicted molar refractivity (Wildman–Crippen MR) is 152 cm³/mol. The van der Waals surface area contributed by atoms with Crippen molar-refractivity contribution in [3.8, 4) is 11.5 Å². The molecular formula is C31H42N4O4. The van der Waals surface area contributed by atoms with Crippen molar-refractivity contribution in [1.29, 1.82) is 0 Å². The van der Waals surface area contributed by atoms with Gasteiger partial charge in [-0.1, -0.05) is 25.1 Å². The maximum atomic E-state index is 13.9. The molecule has 210 valence electrons. The predicted octanol–water partition coefficient (Wildman–Crippen LogP) is 3.46. The first-order chi connectivity index (χ1) is 19.0. The largest absolute Gasteiger partial charge is 0.490 e.